The number of nitrogens with one attached hydrogen (secondary N) is 1. The van der Waals surface area contributed by atoms with Crippen LogP contribution in [0.5, 0.6) is 0 Å². The fourth-order valence-electron chi connectivity index (χ4n) is 1.88. The number of amides is 1. The van der Waals surface area contributed by atoms with Crippen LogP contribution in [-0.2, 0) is 4.79 Å². The molecule has 2 aromatic heterocycles. The Morgan fingerprint density at radius 1 is 1.30 bits per heavy atom. The van der Waals surface area contributed by atoms with E-state index >= 15 is 0 Å². The number of hydrogen-bond acceptors (Lipinski definition) is 3. The summed E-state index contributed by atoms with van der Waals surface area (Å²) >= 11 is 1.61. The molecule has 102 valence electrons. The lowest BCUT2D eigenvalue weighted by atomic mass is 10.1. The van der Waals surface area contributed by atoms with E-state index in [1.165, 1.54) is 0 Å². The van der Waals surface area contributed by atoms with Crippen LogP contribution in [0.2, 0.25) is 0 Å². The smallest absolute Gasteiger partial charge is 0.226 e. The second-order valence-electron chi connectivity index (χ2n) is 4.94. The van der Waals surface area contributed by atoms with Crippen LogP contribution in [0.3, 0.4) is 0 Å². The Bertz CT molecular complexity index is 711. The van der Waals surface area contributed by atoms with Crippen molar-refractivity contribution >= 4 is 27.9 Å². The molecule has 0 spiro atoms. The fraction of sp³-hybridized carbons (Fsp3) is 0.200. The number of anilines is 1. The van der Waals surface area contributed by atoms with Crippen LogP contribution < -0.4 is 5.32 Å². The summed E-state index contributed by atoms with van der Waals surface area (Å²) < 4.78 is 2.01. The summed E-state index contributed by atoms with van der Waals surface area (Å²) in [6, 6.07) is 7.76. The molecule has 0 unspecified atom stereocenters. The van der Waals surface area contributed by atoms with E-state index in [1.54, 1.807) is 11.3 Å². The van der Waals surface area contributed by atoms with Gasteiger partial charge in [-0.15, -0.1) is 11.3 Å². The van der Waals surface area contributed by atoms with E-state index in [9.17, 15) is 4.79 Å². The Morgan fingerprint density at radius 3 is 2.70 bits per heavy atom. The molecule has 20 heavy (non-hydrogen) atoms. The molecule has 0 aliphatic rings. The van der Waals surface area contributed by atoms with Crippen LogP contribution in [0.15, 0.2) is 42.0 Å². The lowest BCUT2D eigenvalue weighted by Gasteiger charge is -2.07. The van der Waals surface area contributed by atoms with Gasteiger partial charge in [0.15, 0.2) is 4.96 Å². The first-order valence-electron chi connectivity index (χ1n) is 6.47. The maximum absolute atomic E-state index is 11.6. The molecule has 0 saturated carbocycles. The number of carbonyl (C=O) groups is 1. The van der Waals surface area contributed by atoms with Gasteiger partial charge in [0.1, 0.15) is 0 Å². The number of imidazole rings is 1. The number of aromatic nitrogens is 2. The van der Waals surface area contributed by atoms with Crippen molar-refractivity contribution in [1.82, 2.24) is 9.38 Å². The van der Waals surface area contributed by atoms with Gasteiger partial charge in [-0.05, 0) is 12.1 Å². The van der Waals surface area contributed by atoms with Gasteiger partial charge in [-0.3, -0.25) is 9.20 Å². The molecular formula is C15H15N3OS. The largest absolute Gasteiger partial charge is 0.326 e. The van der Waals surface area contributed by atoms with Gasteiger partial charge < -0.3 is 5.32 Å². The van der Waals surface area contributed by atoms with Gasteiger partial charge in [-0.1, -0.05) is 26.0 Å². The van der Waals surface area contributed by atoms with Crippen LogP contribution in [0, 0.1) is 5.92 Å². The van der Waals surface area contributed by atoms with Crippen LogP contribution in [0.25, 0.3) is 16.2 Å². The van der Waals surface area contributed by atoms with Crippen LogP contribution in [0.4, 0.5) is 5.69 Å². The average molecular weight is 285 g/mol. The van der Waals surface area contributed by atoms with E-state index in [0.29, 0.717) is 0 Å². The zero-order valence-electron chi connectivity index (χ0n) is 11.3. The van der Waals surface area contributed by atoms with Crippen molar-refractivity contribution in [3.63, 3.8) is 0 Å². The number of benzene rings is 1. The van der Waals surface area contributed by atoms with Gasteiger partial charge >= 0.3 is 0 Å². The monoisotopic (exact) mass is 285 g/mol. The second kappa shape index (κ2) is 5.09. The van der Waals surface area contributed by atoms with Gasteiger partial charge in [0.2, 0.25) is 5.91 Å². The Kier molecular flexibility index (Phi) is 3.28. The van der Waals surface area contributed by atoms with E-state index in [1.807, 2.05) is 60.3 Å². The highest BCUT2D eigenvalue weighted by Crippen LogP contribution is 2.23. The quantitative estimate of drug-likeness (QED) is 0.798. The minimum absolute atomic E-state index is 0.0189. The van der Waals surface area contributed by atoms with Crippen molar-refractivity contribution in [3.8, 4) is 11.3 Å². The van der Waals surface area contributed by atoms with E-state index in [0.717, 1.165) is 21.9 Å². The first-order chi connectivity index (χ1) is 9.63. The molecule has 3 aromatic rings. The Morgan fingerprint density at radius 2 is 2.05 bits per heavy atom. The molecule has 0 fully saturated rings. The average Bonchev–Trinajstić information content (AvgIpc) is 3.00. The lowest BCUT2D eigenvalue weighted by Crippen LogP contribution is -2.17. The third-order valence-electron chi connectivity index (χ3n) is 3.07. The van der Waals surface area contributed by atoms with Crippen molar-refractivity contribution in [2.75, 3.05) is 5.32 Å². The maximum atomic E-state index is 11.6. The standard InChI is InChI=1S/C15H15N3OS/c1-10(2)14(19)16-12-5-3-11(4-6-12)13-9-18-7-8-20-15(18)17-13/h3-10H,1-2H3,(H,16,19). The molecule has 1 amide bonds. The van der Waals surface area contributed by atoms with Gasteiger partial charge in [0, 0.05) is 34.9 Å². The third-order valence-corrected chi connectivity index (χ3v) is 3.84. The zero-order chi connectivity index (χ0) is 14.1. The highest BCUT2D eigenvalue weighted by molar-refractivity contribution is 7.15. The summed E-state index contributed by atoms with van der Waals surface area (Å²) in [5, 5.41) is 4.89. The molecule has 3 rings (SSSR count). The molecule has 4 nitrogen and oxygen atoms in total. The molecule has 0 atom stereocenters. The van der Waals surface area contributed by atoms with Gasteiger partial charge in [-0.2, -0.15) is 0 Å². The first-order valence-corrected chi connectivity index (χ1v) is 7.35. The van der Waals surface area contributed by atoms with Crippen LogP contribution in [0.1, 0.15) is 13.8 Å². The van der Waals surface area contributed by atoms with Crippen molar-refractivity contribution in [2.45, 2.75) is 13.8 Å². The number of fused-ring (bicyclic) bond motifs is 1. The molecule has 1 aromatic carbocycles. The third kappa shape index (κ3) is 2.44. The molecule has 5 heteroatoms. The molecule has 0 aliphatic heterocycles. The Hall–Kier alpha value is -2.14. The Labute approximate surface area is 121 Å². The van der Waals surface area contributed by atoms with Crippen molar-refractivity contribution < 1.29 is 4.79 Å². The van der Waals surface area contributed by atoms with Crippen LogP contribution >= 0.6 is 11.3 Å². The SMILES string of the molecule is CC(C)C(=O)Nc1ccc(-c2cn3ccsc3n2)cc1. The topological polar surface area (TPSA) is 46.4 Å². The zero-order valence-corrected chi connectivity index (χ0v) is 12.1. The molecule has 0 bridgehead atoms. The number of rotatable bonds is 3. The number of nitrogens with zero attached hydrogens (tertiary/aromatic N) is 2. The molecule has 1 N–H and O–H groups in total. The first kappa shape index (κ1) is 12.9. The highest BCUT2D eigenvalue weighted by atomic mass is 32.1. The highest BCUT2D eigenvalue weighted by Gasteiger charge is 2.08. The minimum Gasteiger partial charge on any atom is -0.326 e. The molecule has 0 aliphatic carbocycles. The number of hydrogen-bond donors (Lipinski definition) is 1. The summed E-state index contributed by atoms with van der Waals surface area (Å²) in [4.78, 5) is 17.2. The van der Waals surface area contributed by atoms with E-state index in [4.69, 9.17) is 0 Å². The maximum Gasteiger partial charge on any atom is 0.226 e. The number of carbonyl (C=O) groups excluding carboxylic acids is 1. The fourth-order valence-corrected chi connectivity index (χ4v) is 2.58. The van der Waals surface area contributed by atoms with Gasteiger partial charge in [0.05, 0.1) is 5.69 Å². The van der Waals surface area contributed by atoms with Crippen molar-refractivity contribution in [2.24, 2.45) is 5.92 Å². The van der Waals surface area contributed by atoms with Crippen molar-refractivity contribution in [1.29, 1.82) is 0 Å². The molecule has 0 radical (unpaired) electrons. The van der Waals surface area contributed by atoms with Crippen molar-refractivity contribution in [3.05, 3.63) is 42.0 Å². The minimum atomic E-state index is -0.0189. The normalized spacial score (nSPS) is 11.2. The Balaban J connectivity index is 1.82. The lowest BCUT2D eigenvalue weighted by molar-refractivity contribution is -0.118. The van der Waals surface area contributed by atoms with Gasteiger partial charge in [0.25, 0.3) is 0 Å². The summed E-state index contributed by atoms with van der Waals surface area (Å²) in [5.74, 6) is 0.00913. The predicted octanol–water partition coefficient (Wildman–Crippen LogP) is 3.66. The van der Waals surface area contributed by atoms with E-state index in [2.05, 4.69) is 10.3 Å². The van der Waals surface area contributed by atoms with E-state index in [-0.39, 0.29) is 11.8 Å². The summed E-state index contributed by atoms with van der Waals surface area (Å²) in [7, 11) is 0. The summed E-state index contributed by atoms with van der Waals surface area (Å²) in [6.07, 6.45) is 4.00. The van der Waals surface area contributed by atoms with Crippen LogP contribution in [-0.4, -0.2) is 15.3 Å². The predicted molar refractivity (Wildman–Crippen MR) is 82.0 cm³/mol. The summed E-state index contributed by atoms with van der Waals surface area (Å²) in [6.45, 7) is 3.75. The number of thiazole rings is 1. The second-order valence-corrected chi connectivity index (χ2v) is 5.81. The van der Waals surface area contributed by atoms with Gasteiger partial charge in [-0.25, -0.2) is 4.98 Å². The molecule has 0 saturated heterocycles. The molecule has 2 heterocycles. The summed E-state index contributed by atoms with van der Waals surface area (Å²) in [5.41, 5.74) is 2.80. The van der Waals surface area contributed by atoms with E-state index < -0.39 is 0 Å². The molecular weight excluding hydrogens is 270 g/mol.